The number of carbonyl (C=O) groups is 1. The molecule has 1 aliphatic rings. The third-order valence-electron chi connectivity index (χ3n) is 6.49. The molecule has 0 saturated heterocycles. The summed E-state index contributed by atoms with van der Waals surface area (Å²) in [7, 11) is 1.68. The highest BCUT2D eigenvalue weighted by atomic mass is 32.1. The van der Waals surface area contributed by atoms with Gasteiger partial charge in [-0.3, -0.25) is 14.8 Å². The maximum Gasteiger partial charge on any atom is 0.227 e. The molecule has 0 unspecified atom stereocenters. The minimum absolute atomic E-state index is 0.0322. The predicted molar refractivity (Wildman–Crippen MR) is 139 cm³/mol. The normalized spacial score (nSPS) is 13.4. The molecule has 0 aromatic carbocycles. The molecule has 9 nitrogen and oxygen atoms in total. The van der Waals surface area contributed by atoms with E-state index < -0.39 is 5.82 Å². The van der Waals surface area contributed by atoms with Crippen LogP contribution in [0.2, 0.25) is 0 Å². The second-order valence-corrected chi connectivity index (χ2v) is 10.2. The van der Waals surface area contributed by atoms with Crippen LogP contribution >= 0.6 is 11.3 Å². The summed E-state index contributed by atoms with van der Waals surface area (Å²) in [5.74, 6) is -0.232. The first-order valence-corrected chi connectivity index (χ1v) is 12.7. The molecule has 0 atom stereocenters. The van der Waals surface area contributed by atoms with Gasteiger partial charge in [0.05, 0.1) is 27.7 Å². The molecule has 1 fully saturated rings. The zero-order valence-electron chi connectivity index (χ0n) is 19.9. The van der Waals surface area contributed by atoms with E-state index in [1.807, 2.05) is 0 Å². The minimum Gasteiger partial charge on any atom is -0.336 e. The van der Waals surface area contributed by atoms with E-state index in [0.717, 1.165) is 24.2 Å². The number of amides is 1. The van der Waals surface area contributed by atoms with Crippen molar-refractivity contribution in [2.75, 3.05) is 5.32 Å². The number of aryl methyl sites for hydroxylation is 1. The molecule has 6 aromatic rings. The van der Waals surface area contributed by atoms with Crippen molar-refractivity contribution in [2.24, 2.45) is 13.0 Å². The molecule has 6 aromatic heterocycles. The van der Waals surface area contributed by atoms with Crippen LogP contribution in [0.5, 0.6) is 0 Å². The molecule has 2 N–H and O–H groups in total. The standard InChI is InChI=1S/C26H18F2N8OS/c1-36-25-19(20(28)15(11-31-25)13-8-14(10-29-9-13)32-26(37)12-2-3-12)23(35-36)24-33-16-6-7-30-22(21(16)34-24)17-4-5-18(27)38-17/h4-12H,2-3H2,1H3,(H,32,37)(H,33,34). The summed E-state index contributed by atoms with van der Waals surface area (Å²) < 4.78 is 31.3. The number of aromatic amines is 1. The third-order valence-corrected chi connectivity index (χ3v) is 7.37. The molecular weight excluding hydrogens is 510 g/mol. The van der Waals surface area contributed by atoms with Crippen LogP contribution in [0.1, 0.15) is 12.8 Å². The lowest BCUT2D eigenvalue weighted by Crippen LogP contribution is -2.13. The molecular formula is C26H18F2N8OS. The second-order valence-electron chi connectivity index (χ2n) is 9.13. The Morgan fingerprint density at radius 2 is 2.00 bits per heavy atom. The first-order valence-electron chi connectivity index (χ1n) is 11.8. The van der Waals surface area contributed by atoms with Gasteiger partial charge >= 0.3 is 0 Å². The maximum atomic E-state index is 16.1. The number of halogens is 2. The molecule has 6 heterocycles. The molecule has 0 aliphatic heterocycles. The van der Waals surface area contributed by atoms with E-state index in [0.29, 0.717) is 44.3 Å². The number of H-pyrrole nitrogens is 1. The van der Waals surface area contributed by atoms with Gasteiger partial charge in [-0.15, -0.1) is 11.3 Å². The molecule has 0 radical (unpaired) electrons. The number of nitrogens with zero attached hydrogens (tertiary/aromatic N) is 6. The van der Waals surface area contributed by atoms with Crippen LogP contribution in [0, 0.1) is 16.9 Å². The number of rotatable bonds is 5. The molecule has 12 heteroatoms. The third kappa shape index (κ3) is 3.72. The van der Waals surface area contributed by atoms with E-state index >= 15 is 4.39 Å². The van der Waals surface area contributed by atoms with Crippen LogP contribution in [0.4, 0.5) is 14.5 Å². The highest BCUT2D eigenvalue weighted by Crippen LogP contribution is 2.36. The van der Waals surface area contributed by atoms with E-state index in [2.05, 4.69) is 35.3 Å². The Hall–Kier alpha value is -4.58. The Labute approximate surface area is 217 Å². The lowest BCUT2D eigenvalue weighted by atomic mass is 10.1. The number of hydrogen-bond donors (Lipinski definition) is 2. The van der Waals surface area contributed by atoms with Gasteiger partial charge in [-0.25, -0.2) is 19.0 Å². The van der Waals surface area contributed by atoms with E-state index in [1.165, 1.54) is 29.3 Å². The SMILES string of the molecule is Cn1nc(-c2nc3c(-c4ccc(F)s4)nccc3[nH]2)c2c(F)c(-c3cncc(NC(=O)C4CC4)c3)cnc21. The van der Waals surface area contributed by atoms with Gasteiger partial charge in [-0.2, -0.15) is 9.49 Å². The molecule has 1 aliphatic carbocycles. The second kappa shape index (κ2) is 8.48. The zero-order chi connectivity index (χ0) is 26.0. The topological polar surface area (TPSA) is 114 Å². The molecule has 188 valence electrons. The number of nitrogens with one attached hydrogen (secondary N) is 2. The molecule has 1 amide bonds. The quantitative estimate of drug-likeness (QED) is 0.313. The fourth-order valence-corrected chi connectivity index (χ4v) is 5.19. The smallest absolute Gasteiger partial charge is 0.227 e. The Kier molecular flexibility index (Phi) is 5.05. The largest absolute Gasteiger partial charge is 0.336 e. The maximum absolute atomic E-state index is 16.1. The number of carbonyl (C=O) groups excluding carboxylic acids is 1. The zero-order valence-corrected chi connectivity index (χ0v) is 20.7. The average molecular weight is 529 g/mol. The highest BCUT2D eigenvalue weighted by Gasteiger charge is 2.30. The van der Waals surface area contributed by atoms with Crippen molar-refractivity contribution in [2.45, 2.75) is 12.8 Å². The lowest BCUT2D eigenvalue weighted by molar-refractivity contribution is -0.117. The van der Waals surface area contributed by atoms with Crippen molar-refractivity contribution >= 4 is 45.0 Å². The summed E-state index contributed by atoms with van der Waals surface area (Å²) in [6, 6.07) is 6.45. The van der Waals surface area contributed by atoms with Crippen molar-refractivity contribution in [3.8, 4) is 33.2 Å². The van der Waals surface area contributed by atoms with Gasteiger partial charge in [0, 0.05) is 42.7 Å². The Morgan fingerprint density at radius 1 is 1.13 bits per heavy atom. The predicted octanol–water partition coefficient (Wildman–Crippen LogP) is 5.32. The number of hydrogen-bond acceptors (Lipinski definition) is 7. The molecule has 38 heavy (non-hydrogen) atoms. The number of pyridine rings is 3. The van der Waals surface area contributed by atoms with Crippen LogP contribution in [0.15, 0.2) is 49.1 Å². The molecule has 0 spiro atoms. The van der Waals surface area contributed by atoms with Gasteiger partial charge in [0.15, 0.2) is 16.6 Å². The van der Waals surface area contributed by atoms with Crippen molar-refractivity contribution in [1.29, 1.82) is 0 Å². The summed E-state index contributed by atoms with van der Waals surface area (Å²) in [5.41, 5.74) is 3.50. The summed E-state index contributed by atoms with van der Waals surface area (Å²) in [5, 5.41) is 7.22. The van der Waals surface area contributed by atoms with Gasteiger partial charge < -0.3 is 10.3 Å². The number of thiophene rings is 1. The van der Waals surface area contributed by atoms with Crippen molar-refractivity contribution < 1.29 is 13.6 Å². The summed E-state index contributed by atoms with van der Waals surface area (Å²) in [6.07, 6.45) is 7.84. The first-order chi connectivity index (χ1) is 18.5. The van der Waals surface area contributed by atoms with Gasteiger partial charge in [0.25, 0.3) is 0 Å². The average Bonchev–Trinajstić information content (AvgIpc) is 3.39. The van der Waals surface area contributed by atoms with Crippen molar-refractivity contribution in [3.05, 3.63) is 60.0 Å². The van der Waals surface area contributed by atoms with Crippen LogP contribution in [0.3, 0.4) is 0 Å². The Morgan fingerprint density at radius 3 is 2.79 bits per heavy atom. The first kappa shape index (κ1) is 22.6. The fraction of sp³-hybridized carbons (Fsp3) is 0.154. The number of anilines is 1. The van der Waals surface area contributed by atoms with Crippen LogP contribution in [-0.4, -0.2) is 40.6 Å². The van der Waals surface area contributed by atoms with Crippen molar-refractivity contribution in [1.82, 2.24) is 34.7 Å². The number of imidazole rings is 1. The molecule has 0 bridgehead atoms. The van der Waals surface area contributed by atoms with E-state index in [-0.39, 0.29) is 33.6 Å². The van der Waals surface area contributed by atoms with Crippen LogP contribution in [-0.2, 0) is 11.8 Å². The van der Waals surface area contributed by atoms with Gasteiger partial charge in [-0.05, 0) is 37.1 Å². The molecule has 1 saturated carbocycles. The highest BCUT2D eigenvalue weighted by molar-refractivity contribution is 7.13. The van der Waals surface area contributed by atoms with E-state index in [4.69, 9.17) is 0 Å². The van der Waals surface area contributed by atoms with Gasteiger partial charge in [-0.1, -0.05) is 0 Å². The van der Waals surface area contributed by atoms with Gasteiger partial charge in [0.1, 0.15) is 22.7 Å². The minimum atomic E-state index is -0.537. The van der Waals surface area contributed by atoms with Gasteiger partial charge in [0.2, 0.25) is 5.91 Å². The summed E-state index contributed by atoms with van der Waals surface area (Å²) in [4.78, 5) is 33.7. The fourth-order valence-electron chi connectivity index (χ4n) is 4.46. The van der Waals surface area contributed by atoms with E-state index in [1.54, 1.807) is 31.4 Å². The van der Waals surface area contributed by atoms with E-state index in [9.17, 15) is 9.18 Å². The summed E-state index contributed by atoms with van der Waals surface area (Å²) >= 11 is 0.974. The number of fused-ring (bicyclic) bond motifs is 2. The Balaban J connectivity index is 1.35. The van der Waals surface area contributed by atoms with Crippen molar-refractivity contribution in [3.63, 3.8) is 0 Å². The molecule has 7 rings (SSSR count). The Bertz CT molecular complexity index is 1890. The number of aromatic nitrogens is 7. The monoisotopic (exact) mass is 528 g/mol. The summed E-state index contributed by atoms with van der Waals surface area (Å²) in [6.45, 7) is 0. The lowest BCUT2D eigenvalue weighted by Gasteiger charge is -2.08. The van der Waals surface area contributed by atoms with Crippen LogP contribution < -0.4 is 5.32 Å². The van der Waals surface area contributed by atoms with Crippen LogP contribution in [0.25, 0.3) is 55.3 Å².